The summed E-state index contributed by atoms with van der Waals surface area (Å²) in [6, 6.07) is 32.5. The van der Waals surface area contributed by atoms with E-state index in [9.17, 15) is 9.59 Å². The topological polar surface area (TPSA) is 52.7 Å². The van der Waals surface area contributed by atoms with Gasteiger partial charge in [-0.25, -0.2) is 0 Å². The van der Waals surface area contributed by atoms with E-state index in [1.165, 1.54) is 11.1 Å². The van der Waals surface area contributed by atoms with Gasteiger partial charge in [0.2, 0.25) is 0 Å². The van der Waals surface area contributed by atoms with Gasteiger partial charge in [0, 0.05) is 43.3 Å². The van der Waals surface area contributed by atoms with Crippen molar-refractivity contribution in [3.63, 3.8) is 0 Å². The van der Waals surface area contributed by atoms with Gasteiger partial charge in [-0.2, -0.15) is 0 Å². The van der Waals surface area contributed by atoms with Crippen LogP contribution >= 0.6 is 0 Å². The lowest BCUT2D eigenvalue weighted by atomic mass is 9.95. The Kier molecular flexibility index (Phi) is 5.55. The summed E-state index contributed by atoms with van der Waals surface area (Å²) in [5.41, 5.74) is 3.78. The molecule has 0 aliphatic carbocycles. The molecule has 5 heteroatoms. The summed E-state index contributed by atoms with van der Waals surface area (Å²) in [4.78, 5) is 29.7. The summed E-state index contributed by atoms with van der Waals surface area (Å²) >= 11 is 0. The molecule has 1 N–H and O–H groups in total. The molecule has 4 aromatic carbocycles. The Morgan fingerprint density at radius 2 is 1.43 bits per heavy atom. The Labute approximate surface area is 205 Å². The lowest BCUT2D eigenvalue weighted by Gasteiger charge is -2.51. The smallest absolute Gasteiger partial charge is 0.253 e. The number of hydrogen-bond donors (Lipinski definition) is 1. The van der Waals surface area contributed by atoms with Gasteiger partial charge in [-0.15, -0.1) is 0 Å². The molecule has 0 unspecified atom stereocenters. The average molecular weight is 462 g/mol. The number of fused-ring (bicyclic) bond motifs is 1. The van der Waals surface area contributed by atoms with Crippen molar-refractivity contribution in [1.29, 1.82) is 0 Å². The summed E-state index contributed by atoms with van der Waals surface area (Å²) in [5.74, 6) is 0.0649. The summed E-state index contributed by atoms with van der Waals surface area (Å²) in [6.45, 7) is 3.15. The molecular formula is C30H27N3O2. The van der Waals surface area contributed by atoms with E-state index in [0.717, 1.165) is 42.5 Å². The van der Waals surface area contributed by atoms with E-state index in [1.807, 2.05) is 65.6 Å². The van der Waals surface area contributed by atoms with Crippen LogP contribution in [0.4, 0.5) is 0 Å². The van der Waals surface area contributed by atoms with Crippen molar-refractivity contribution < 1.29 is 9.59 Å². The molecule has 2 heterocycles. The molecule has 2 fully saturated rings. The van der Waals surface area contributed by atoms with Gasteiger partial charge in [-0.3, -0.25) is 14.5 Å². The molecule has 6 rings (SSSR count). The van der Waals surface area contributed by atoms with Crippen molar-refractivity contribution >= 4 is 22.6 Å². The van der Waals surface area contributed by atoms with Crippen molar-refractivity contribution in [2.24, 2.45) is 0 Å². The second kappa shape index (κ2) is 9.01. The molecule has 2 aliphatic rings. The minimum absolute atomic E-state index is 0.0209. The number of carbonyl (C=O) groups excluding carboxylic acids is 2. The second-order valence-electron chi connectivity index (χ2n) is 9.46. The SMILES string of the molecule is O=C(NC1CN(C2CN(C(=O)c3ccc4c(-c5ccccc5)cccc4c3)C2)C1)c1ccccc1. The average Bonchev–Trinajstić information content (AvgIpc) is 2.86. The van der Waals surface area contributed by atoms with Gasteiger partial charge in [0.25, 0.3) is 11.8 Å². The van der Waals surface area contributed by atoms with Crippen LogP contribution in [0.3, 0.4) is 0 Å². The van der Waals surface area contributed by atoms with Crippen LogP contribution in [-0.4, -0.2) is 59.9 Å². The highest BCUT2D eigenvalue weighted by Crippen LogP contribution is 2.30. The standard InChI is InChI=1S/C30H27N3O2/c34-29(22-10-5-2-6-11-22)31-25-17-32(18-25)26-19-33(20-26)30(35)24-14-15-28-23(16-24)12-7-13-27(28)21-8-3-1-4-9-21/h1-16,25-26H,17-20H2,(H,31,34). The number of carbonyl (C=O) groups is 2. The molecule has 35 heavy (non-hydrogen) atoms. The van der Waals surface area contributed by atoms with Crippen LogP contribution in [0.15, 0.2) is 97.1 Å². The molecule has 5 nitrogen and oxygen atoms in total. The van der Waals surface area contributed by atoms with Gasteiger partial charge >= 0.3 is 0 Å². The van der Waals surface area contributed by atoms with Crippen molar-refractivity contribution in [2.45, 2.75) is 12.1 Å². The number of rotatable bonds is 5. The third-order valence-electron chi connectivity index (χ3n) is 7.16. The lowest BCUT2D eigenvalue weighted by Crippen LogP contribution is -2.70. The lowest BCUT2D eigenvalue weighted by molar-refractivity contribution is -0.00940. The predicted octanol–water partition coefficient (Wildman–Crippen LogP) is 4.45. The highest BCUT2D eigenvalue weighted by Gasteiger charge is 2.41. The summed E-state index contributed by atoms with van der Waals surface area (Å²) in [5, 5.41) is 5.33. The van der Waals surface area contributed by atoms with Gasteiger partial charge in [0.1, 0.15) is 0 Å². The maximum atomic E-state index is 13.1. The fourth-order valence-corrected chi connectivity index (χ4v) is 5.08. The first-order valence-corrected chi connectivity index (χ1v) is 12.1. The maximum absolute atomic E-state index is 13.1. The van der Waals surface area contributed by atoms with E-state index in [2.05, 4.69) is 46.6 Å². The van der Waals surface area contributed by atoms with Crippen LogP contribution in [0.1, 0.15) is 20.7 Å². The summed E-state index contributed by atoms with van der Waals surface area (Å²) in [6.07, 6.45) is 0. The van der Waals surface area contributed by atoms with Gasteiger partial charge in [-0.1, -0.05) is 72.8 Å². The number of amides is 2. The molecule has 2 saturated heterocycles. The van der Waals surface area contributed by atoms with E-state index >= 15 is 0 Å². The first-order valence-electron chi connectivity index (χ1n) is 12.1. The molecule has 0 spiro atoms. The van der Waals surface area contributed by atoms with Crippen LogP contribution in [-0.2, 0) is 0 Å². The zero-order chi connectivity index (χ0) is 23.8. The van der Waals surface area contributed by atoms with E-state index < -0.39 is 0 Å². The molecule has 2 aliphatic heterocycles. The molecular weight excluding hydrogens is 434 g/mol. The molecule has 0 atom stereocenters. The highest BCUT2D eigenvalue weighted by atomic mass is 16.2. The van der Waals surface area contributed by atoms with Crippen molar-refractivity contribution in [3.8, 4) is 11.1 Å². The van der Waals surface area contributed by atoms with Crippen LogP contribution < -0.4 is 5.32 Å². The second-order valence-corrected chi connectivity index (χ2v) is 9.46. The third kappa shape index (κ3) is 4.19. The minimum atomic E-state index is -0.0209. The Balaban J connectivity index is 1.05. The van der Waals surface area contributed by atoms with E-state index in [-0.39, 0.29) is 17.9 Å². The Hall–Kier alpha value is -3.96. The third-order valence-corrected chi connectivity index (χ3v) is 7.16. The zero-order valence-corrected chi connectivity index (χ0v) is 19.4. The zero-order valence-electron chi connectivity index (χ0n) is 19.4. The molecule has 0 bridgehead atoms. The van der Waals surface area contributed by atoms with Crippen molar-refractivity contribution in [1.82, 2.24) is 15.1 Å². The van der Waals surface area contributed by atoms with Crippen molar-refractivity contribution in [2.75, 3.05) is 26.2 Å². The van der Waals surface area contributed by atoms with E-state index in [1.54, 1.807) is 0 Å². The predicted molar refractivity (Wildman–Crippen MR) is 138 cm³/mol. The normalized spacial score (nSPS) is 16.5. The number of benzene rings is 4. The Morgan fingerprint density at radius 3 is 2.17 bits per heavy atom. The molecule has 0 aromatic heterocycles. The van der Waals surface area contributed by atoms with Crippen molar-refractivity contribution in [3.05, 3.63) is 108 Å². The quantitative estimate of drug-likeness (QED) is 0.478. The van der Waals surface area contributed by atoms with Crippen LogP contribution in [0.5, 0.6) is 0 Å². The fraction of sp³-hybridized carbons (Fsp3) is 0.200. The van der Waals surface area contributed by atoms with Gasteiger partial charge in [-0.05, 0) is 46.2 Å². The monoisotopic (exact) mass is 461 g/mol. The highest BCUT2D eigenvalue weighted by molar-refractivity contribution is 6.03. The van der Waals surface area contributed by atoms with Crippen LogP contribution in [0.25, 0.3) is 21.9 Å². The molecule has 2 amide bonds. The number of nitrogens with one attached hydrogen (secondary N) is 1. The van der Waals surface area contributed by atoms with Crippen LogP contribution in [0.2, 0.25) is 0 Å². The summed E-state index contributed by atoms with van der Waals surface area (Å²) < 4.78 is 0. The molecule has 174 valence electrons. The number of nitrogens with zero attached hydrogens (tertiary/aromatic N) is 2. The number of hydrogen-bond acceptors (Lipinski definition) is 3. The molecule has 4 aromatic rings. The number of likely N-dealkylation sites (tertiary alicyclic amines) is 2. The van der Waals surface area contributed by atoms with E-state index in [4.69, 9.17) is 0 Å². The largest absolute Gasteiger partial charge is 0.347 e. The summed E-state index contributed by atoms with van der Waals surface area (Å²) in [7, 11) is 0. The minimum Gasteiger partial charge on any atom is -0.347 e. The first-order chi connectivity index (χ1) is 17.2. The fourth-order valence-electron chi connectivity index (χ4n) is 5.08. The van der Waals surface area contributed by atoms with Crippen LogP contribution in [0, 0.1) is 0 Å². The molecule has 0 radical (unpaired) electrons. The van der Waals surface area contributed by atoms with Gasteiger partial charge in [0.05, 0.1) is 6.04 Å². The first kappa shape index (κ1) is 21.6. The van der Waals surface area contributed by atoms with E-state index in [0.29, 0.717) is 11.6 Å². The molecule has 0 saturated carbocycles. The Bertz CT molecular complexity index is 1370. The van der Waals surface area contributed by atoms with Gasteiger partial charge in [0.15, 0.2) is 0 Å². The Morgan fingerprint density at radius 1 is 0.714 bits per heavy atom. The van der Waals surface area contributed by atoms with Gasteiger partial charge < -0.3 is 10.2 Å². The maximum Gasteiger partial charge on any atom is 0.253 e.